The van der Waals surface area contributed by atoms with E-state index in [1.165, 1.54) is 12.1 Å². The van der Waals surface area contributed by atoms with Crippen LogP contribution in [0.25, 0.3) is 0 Å². The van der Waals surface area contributed by atoms with Gasteiger partial charge in [-0.2, -0.15) is 13.2 Å². The third kappa shape index (κ3) is 7.75. The predicted octanol–water partition coefficient (Wildman–Crippen LogP) is 3.14. The molecular weight excluding hydrogens is 484 g/mol. The van der Waals surface area contributed by atoms with Crippen LogP contribution in [0.4, 0.5) is 13.2 Å². The van der Waals surface area contributed by atoms with Crippen molar-refractivity contribution in [3.8, 4) is 0 Å². The summed E-state index contributed by atoms with van der Waals surface area (Å²) in [6.07, 6.45) is -3.68. The Hall–Kier alpha value is -1.07. The summed E-state index contributed by atoms with van der Waals surface area (Å²) in [5.74, 6) is 0.684. The van der Waals surface area contributed by atoms with Crippen LogP contribution in [0.3, 0.4) is 0 Å². The van der Waals surface area contributed by atoms with E-state index in [4.69, 9.17) is 4.74 Å². The monoisotopic (exact) mass is 514 g/mol. The number of guanidine groups is 1. The summed E-state index contributed by atoms with van der Waals surface area (Å²) in [5, 5.41) is 6.54. The molecule has 2 N–H and O–H groups in total. The summed E-state index contributed by atoms with van der Waals surface area (Å²) in [4.78, 5) is 6.60. The molecule has 0 amide bonds. The van der Waals surface area contributed by atoms with Gasteiger partial charge in [-0.05, 0) is 38.0 Å². The Balaban J connectivity index is 0.00000392. The lowest BCUT2D eigenvalue weighted by Crippen LogP contribution is -2.56. The molecule has 1 heterocycles. The quantitative estimate of drug-likeness (QED) is 0.348. The van der Waals surface area contributed by atoms with Gasteiger partial charge in [-0.1, -0.05) is 12.1 Å². The van der Waals surface area contributed by atoms with Gasteiger partial charge in [-0.15, -0.1) is 24.0 Å². The Morgan fingerprint density at radius 1 is 1.11 bits per heavy atom. The summed E-state index contributed by atoms with van der Waals surface area (Å²) in [7, 11) is 1.70. The highest BCUT2D eigenvalue weighted by Gasteiger charge is 2.30. The van der Waals surface area contributed by atoms with Crippen LogP contribution < -0.4 is 10.6 Å². The first-order valence-corrected chi connectivity index (χ1v) is 9.16. The Kier molecular flexibility index (Phi) is 9.99. The lowest BCUT2D eigenvalue weighted by atomic mass is 10.0. The average Bonchev–Trinajstić information content (AvgIpc) is 2.65. The second-order valence-corrected chi connectivity index (χ2v) is 7.21. The molecule has 0 aromatic heterocycles. The molecule has 0 radical (unpaired) electrons. The number of rotatable bonds is 6. The van der Waals surface area contributed by atoms with E-state index in [1.54, 1.807) is 7.05 Å². The van der Waals surface area contributed by atoms with Gasteiger partial charge in [0.1, 0.15) is 0 Å². The minimum absolute atomic E-state index is 0. The number of hydrogen-bond acceptors (Lipinski definition) is 3. The normalized spacial score (nSPS) is 16.4. The minimum atomic E-state index is -4.30. The Morgan fingerprint density at radius 3 is 2.25 bits per heavy atom. The van der Waals surface area contributed by atoms with Crippen LogP contribution in [0, 0.1) is 0 Å². The molecule has 1 aromatic carbocycles. The maximum Gasteiger partial charge on any atom is 0.416 e. The van der Waals surface area contributed by atoms with Crippen molar-refractivity contribution in [3.63, 3.8) is 0 Å². The summed E-state index contributed by atoms with van der Waals surface area (Å²) in [5.41, 5.74) is 0.191. The Morgan fingerprint density at radius 2 is 1.71 bits per heavy atom. The highest BCUT2D eigenvalue weighted by Crippen LogP contribution is 2.29. The van der Waals surface area contributed by atoms with E-state index in [-0.39, 0.29) is 29.5 Å². The molecule has 2 rings (SSSR count). The fraction of sp³-hybridized carbons (Fsp3) is 0.632. The van der Waals surface area contributed by atoms with E-state index in [0.29, 0.717) is 18.9 Å². The van der Waals surface area contributed by atoms with Crippen molar-refractivity contribution >= 4 is 29.9 Å². The van der Waals surface area contributed by atoms with Crippen LogP contribution in [0.5, 0.6) is 0 Å². The molecule has 0 spiro atoms. The zero-order valence-corrected chi connectivity index (χ0v) is 18.9. The standard InChI is InChI=1S/C19H29F3N4O.HI/c1-18(2,26-10-12-27-13-11-26)14-25-17(23-3)24-9-8-15-4-6-16(7-5-15)19(20,21)22;/h4-7H,8-14H2,1-3H3,(H2,23,24,25);1H. The van der Waals surface area contributed by atoms with Gasteiger partial charge in [0.15, 0.2) is 5.96 Å². The highest BCUT2D eigenvalue weighted by atomic mass is 127. The number of ether oxygens (including phenoxy) is 1. The van der Waals surface area contributed by atoms with Gasteiger partial charge in [-0.3, -0.25) is 9.89 Å². The number of aliphatic imine (C=N–C) groups is 1. The van der Waals surface area contributed by atoms with Gasteiger partial charge in [0, 0.05) is 38.8 Å². The molecule has 0 saturated carbocycles. The molecular formula is C19H30F3IN4O. The maximum atomic E-state index is 12.6. The average molecular weight is 514 g/mol. The van der Waals surface area contributed by atoms with E-state index in [0.717, 1.165) is 50.5 Å². The number of alkyl halides is 3. The van der Waals surface area contributed by atoms with Gasteiger partial charge < -0.3 is 15.4 Å². The molecule has 1 aromatic rings. The number of nitrogens with one attached hydrogen (secondary N) is 2. The molecule has 5 nitrogen and oxygen atoms in total. The molecule has 1 fully saturated rings. The van der Waals surface area contributed by atoms with Crippen molar-refractivity contribution in [2.75, 3.05) is 46.4 Å². The highest BCUT2D eigenvalue weighted by molar-refractivity contribution is 14.0. The lowest BCUT2D eigenvalue weighted by molar-refractivity contribution is -0.137. The molecule has 1 saturated heterocycles. The van der Waals surface area contributed by atoms with Crippen LogP contribution >= 0.6 is 24.0 Å². The van der Waals surface area contributed by atoms with Crippen LogP contribution in [-0.4, -0.2) is 62.8 Å². The smallest absolute Gasteiger partial charge is 0.379 e. The predicted molar refractivity (Wildman–Crippen MR) is 116 cm³/mol. The molecule has 0 bridgehead atoms. The third-order valence-corrected chi connectivity index (χ3v) is 4.77. The van der Waals surface area contributed by atoms with Crippen molar-refractivity contribution < 1.29 is 17.9 Å². The number of hydrogen-bond donors (Lipinski definition) is 2. The van der Waals surface area contributed by atoms with Crippen LogP contribution in [-0.2, 0) is 17.3 Å². The molecule has 28 heavy (non-hydrogen) atoms. The van der Waals surface area contributed by atoms with Gasteiger partial charge in [-0.25, -0.2) is 0 Å². The maximum absolute atomic E-state index is 12.6. The van der Waals surface area contributed by atoms with Crippen molar-refractivity contribution in [1.29, 1.82) is 0 Å². The minimum Gasteiger partial charge on any atom is -0.379 e. The summed E-state index contributed by atoms with van der Waals surface area (Å²) in [6.45, 7) is 9.01. The second-order valence-electron chi connectivity index (χ2n) is 7.21. The zero-order chi connectivity index (χ0) is 19.9. The molecule has 160 valence electrons. The van der Waals surface area contributed by atoms with E-state index in [9.17, 15) is 13.2 Å². The largest absolute Gasteiger partial charge is 0.416 e. The van der Waals surface area contributed by atoms with Crippen LogP contribution in [0.2, 0.25) is 0 Å². The number of morpholine rings is 1. The summed E-state index contributed by atoms with van der Waals surface area (Å²) >= 11 is 0. The second kappa shape index (κ2) is 11.2. The number of halogens is 4. The fourth-order valence-electron chi connectivity index (χ4n) is 2.99. The van der Waals surface area contributed by atoms with Crippen molar-refractivity contribution in [1.82, 2.24) is 15.5 Å². The Labute approximate surface area is 182 Å². The van der Waals surface area contributed by atoms with Gasteiger partial charge in [0.25, 0.3) is 0 Å². The molecule has 1 aliphatic rings. The molecule has 0 atom stereocenters. The third-order valence-electron chi connectivity index (χ3n) is 4.77. The van der Waals surface area contributed by atoms with E-state index in [1.807, 2.05) is 0 Å². The summed E-state index contributed by atoms with van der Waals surface area (Å²) in [6, 6.07) is 5.27. The fourth-order valence-corrected chi connectivity index (χ4v) is 2.99. The van der Waals surface area contributed by atoms with Crippen molar-refractivity contribution in [2.24, 2.45) is 4.99 Å². The number of nitrogens with zero attached hydrogens (tertiary/aromatic N) is 2. The molecule has 0 unspecified atom stereocenters. The first kappa shape index (κ1) is 25.0. The Bertz CT molecular complexity index is 615. The van der Waals surface area contributed by atoms with Gasteiger partial charge >= 0.3 is 6.18 Å². The zero-order valence-electron chi connectivity index (χ0n) is 16.6. The summed E-state index contributed by atoms with van der Waals surface area (Å²) < 4.78 is 43.2. The van der Waals surface area contributed by atoms with E-state index >= 15 is 0 Å². The lowest BCUT2D eigenvalue weighted by Gasteiger charge is -2.41. The topological polar surface area (TPSA) is 48.9 Å². The van der Waals surface area contributed by atoms with E-state index < -0.39 is 11.7 Å². The first-order chi connectivity index (χ1) is 12.7. The van der Waals surface area contributed by atoms with Crippen LogP contribution in [0.1, 0.15) is 25.0 Å². The molecule has 0 aliphatic carbocycles. The SMILES string of the molecule is CN=C(NCCc1ccc(C(F)(F)F)cc1)NCC(C)(C)N1CCOCC1.I. The van der Waals surface area contributed by atoms with Crippen molar-refractivity contribution in [3.05, 3.63) is 35.4 Å². The van der Waals surface area contributed by atoms with E-state index in [2.05, 4.69) is 34.4 Å². The first-order valence-electron chi connectivity index (χ1n) is 9.16. The molecule has 1 aliphatic heterocycles. The van der Waals surface area contributed by atoms with Gasteiger partial charge in [0.2, 0.25) is 0 Å². The molecule has 9 heteroatoms. The van der Waals surface area contributed by atoms with Crippen molar-refractivity contribution in [2.45, 2.75) is 32.0 Å². The van der Waals surface area contributed by atoms with Gasteiger partial charge in [0.05, 0.1) is 18.8 Å². The number of benzene rings is 1. The van der Waals surface area contributed by atoms with Crippen LogP contribution in [0.15, 0.2) is 29.3 Å².